The van der Waals surface area contributed by atoms with Gasteiger partial charge >= 0.3 is 11.7 Å². The number of fused-ring (bicyclic) bond motifs is 1. The van der Waals surface area contributed by atoms with Crippen LogP contribution in [0.3, 0.4) is 0 Å². The predicted octanol–water partition coefficient (Wildman–Crippen LogP) is 3.69. The number of carbonyl (C=O) groups is 1. The average molecular weight is 534 g/mol. The number of nitrogens with zero attached hydrogens (tertiary/aromatic N) is 7. The van der Waals surface area contributed by atoms with Crippen LogP contribution in [0, 0.1) is 11.3 Å². The van der Waals surface area contributed by atoms with Crippen LogP contribution in [0.4, 0.5) is 0 Å². The van der Waals surface area contributed by atoms with Crippen LogP contribution in [0.25, 0.3) is 28.0 Å². The maximum absolute atomic E-state index is 13.9. The number of hydrogen-bond donors (Lipinski definition) is 0. The molecule has 4 heterocycles. The molecular weight excluding hydrogens is 506 g/mol. The third kappa shape index (κ3) is 4.36. The van der Waals surface area contributed by atoms with Gasteiger partial charge in [-0.15, -0.1) is 0 Å². The number of imidazole rings is 2. The van der Waals surface area contributed by atoms with Crippen LogP contribution in [0.15, 0.2) is 77.9 Å². The number of ether oxygens (including phenoxy) is 1. The lowest BCUT2D eigenvalue weighted by molar-refractivity contribution is 0.0600. The second-order valence-corrected chi connectivity index (χ2v) is 9.86. The summed E-state index contributed by atoms with van der Waals surface area (Å²) in [5, 5.41) is 9.23. The van der Waals surface area contributed by atoms with Gasteiger partial charge in [0.15, 0.2) is 5.65 Å². The number of benzene rings is 2. The zero-order chi connectivity index (χ0) is 27.8. The number of rotatable bonds is 6. The summed E-state index contributed by atoms with van der Waals surface area (Å²) in [6, 6.07) is 20.9. The molecule has 0 aliphatic carbocycles. The number of esters is 1. The van der Waals surface area contributed by atoms with Crippen LogP contribution < -0.4 is 5.69 Å². The van der Waals surface area contributed by atoms with Crippen molar-refractivity contribution >= 4 is 17.1 Å². The number of nitriles is 1. The molecule has 40 heavy (non-hydrogen) atoms. The molecule has 1 fully saturated rings. The summed E-state index contributed by atoms with van der Waals surface area (Å²) in [6.45, 7) is 2.11. The summed E-state index contributed by atoms with van der Waals surface area (Å²) >= 11 is 0. The van der Waals surface area contributed by atoms with E-state index in [4.69, 9.17) is 4.74 Å². The van der Waals surface area contributed by atoms with Crippen molar-refractivity contribution in [1.29, 1.82) is 5.26 Å². The van der Waals surface area contributed by atoms with Gasteiger partial charge in [-0.2, -0.15) is 5.26 Å². The van der Waals surface area contributed by atoms with Crippen molar-refractivity contribution in [3.8, 4) is 22.9 Å². The first-order chi connectivity index (χ1) is 19.5. The third-order valence-electron chi connectivity index (χ3n) is 7.57. The van der Waals surface area contributed by atoms with Crippen LogP contribution in [0.5, 0.6) is 0 Å². The molecule has 1 saturated heterocycles. The molecule has 0 spiro atoms. The van der Waals surface area contributed by atoms with Crippen LogP contribution in [0.2, 0.25) is 0 Å². The van der Waals surface area contributed by atoms with E-state index in [2.05, 4.69) is 20.9 Å². The Labute approximate surface area is 230 Å². The number of pyridine rings is 1. The highest BCUT2D eigenvalue weighted by atomic mass is 16.5. The van der Waals surface area contributed by atoms with E-state index in [0.29, 0.717) is 30.0 Å². The minimum atomic E-state index is -0.374. The van der Waals surface area contributed by atoms with Gasteiger partial charge in [-0.05, 0) is 53.9 Å². The molecule has 200 valence electrons. The Morgan fingerprint density at radius 1 is 1.07 bits per heavy atom. The summed E-state index contributed by atoms with van der Waals surface area (Å²) in [7, 11) is 3.21. The zero-order valence-corrected chi connectivity index (χ0v) is 22.2. The molecular formula is C30H27N7O3. The molecule has 1 aliphatic rings. The fourth-order valence-corrected chi connectivity index (χ4v) is 5.41. The zero-order valence-electron chi connectivity index (χ0n) is 22.2. The average Bonchev–Trinajstić information content (AvgIpc) is 3.68. The van der Waals surface area contributed by atoms with Gasteiger partial charge in [0, 0.05) is 26.3 Å². The molecule has 3 aromatic heterocycles. The molecule has 10 heteroatoms. The first-order valence-corrected chi connectivity index (χ1v) is 13.0. The molecule has 0 radical (unpaired) electrons. The Bertz CT molecular complexity index is 1810. The fourth-order valence-electron chi connectivity index (χ4n) is 5.41. The van der Waals surface area contributed by atoms with E-state index in [0.717, 1.165) is 41.1 Å². The summed E-state index contributed by atoms with van der Waals surface area (Å²) in [5.41, 5.74) is 4.98. The Kier molecular flexibility index (Phi) is 6.50. The van der Waals surface area contributed by atoms with Crippen molar-refractivity contribution in [3.63, 3.8) is 0 Å². The highest BCUT2D eigenvalue weighted by molar-refractivity contribution is 5.90. The lowest BCUT2D eigenvalue weighted by atomic mass is 10.0. The van der Waals surface area contributed by atoms with Gasteiger partial charge in [-0.3, -0.25) is 14.0 Å². The Hall–Kier alpha value is -5.01. The minimum absolute atomic E-state index is 0.0329. The van der Waals surface area contributed by atoms with Crippen LogP contribution >= 0.6 is 0 Å². The molecule has 0 N–H and O–H groups in total. The predicted molar refractivity (Wildman–Crippen MR) is 149 cm³/mol. The quantitative estimate of drug-likeness (QED) is 0.306. The summed E-state index contributed by atoms with van der Waals surface area (Å²) in [5.74, 6) is 0.451. The number of aromatic nitrogens is 5. The van der Waals surface area contributed by atoms with Crippen molar-refractivity contribution in [2.45, 2.75) is 19.0 Å². The van der Waals surface area contributed by atoms with Crippen molar-refractivity contribution < 1.29 is 9.53 Å². The van der Waals surface area contributed by atoms with Gasteiger partial charge in [0.05, 0.1) is 42.7 Å². The van der Waals surface area contributed by atoms with Crippen LogP contribution in [0.1, 0.15) is 34.3 Å². The first-order valence-electron chi connectivity index (χ1n) is 13.0. The van der Waals surface area contributed by atoms with Crippen molar-refractivity contribution in [3.05, 3.63) is 101 Å². The van der Waals surface area contributed by atoms with Gasteiger partial charge in [0.1, 0.15) is 17.6 Å². The number of carbonyl (C=O) groups excluding carboxylic acids is 1. The van der Waals surface area contributed by atoms with E-state index in [1.165, 1.54) is 7.11 Å². The number of hydrogen-bond acceptors (Lipinski definition) is 7. The van der Waals surface area contributed by atoms with E-state index < -0.39 is 0 Å². The van der Waals surface area contributed by atoms with Crippen LogP contribution in [-0.2, 0) is 18.3 Å². The van der Waals surface area contributed by atoms with E-state index in [-0.39, 0.29) is 17.7 Å². The highest BCUT2D eigenvalue weighted by Gasteiger charge is 2.29. The van der Waals surface area contributed by atoms with Gasteiger partial charge in [-0.25, -0.2) is 19.6 Å². The monoisotopic (exact) mass is 533 g/mol. The molecule has 1 atom stereocenters. The Morgan fingerprint density at radius 2 is 1.80 bits per heavy atom. The fraction of sp³-hybridized carbons (Fsp3) is 0.233. The molecule has 5 aromatic rings. The van der Waals surface area contributed by atoms with Gasteiger partial charge in [0.25, 0.3) is 0 Å². The van der Waals surface area contributed by atoms with Crippen molar-refractivity contribution in [1.82, 2.24) is 28.6 Å². The Morgan fingerprint density at radius 3 is 2.48 bits per heavy atom. The van der Waals surface area contributed by atoms with Crippen molar-refractivity contribution in [2.75, 3.05) is 20.2 Å². The van der Waals surface area contributed by atoms with Crippen LogP contribution in [-0.4, -0.2) is 54.7 Å². The van der Waals surface area contributed by atoms with Crippen molar-refractivity contribution in [2.24, 2.45) is 7.05 Å². The number of likely N-dealkylation sites (tertiary alicyclic amines) is 1. The smallest absolute Gasteiger partial charge is 0.337 e. The standard InChI is InChI=1S/C30H27N7O3/c1-34-25(16-31)17-33-27(34)19-35-15-13-24(18-35)37-28-26(4-3-14-32-28)36(30(37)39)23-11-9-21(10-12-23)20-5-7-22(8-6-20)29(38)40-2/h3-12,14,17,24H,13,15,18-19H2,1-2H3/t24-/m0/s1. The second-order valence-electron chi connectivity index (χ2n) is 9.86. The molecule has 6 rings (SSSR count). The highest BCUT2D eigenvalue weighted by Crippen LogP contribution is 2.27. The summed E-state index contributed by atoms with van der Waals surface area (Å²) in [4.78, 5) is 36.9. The van der Waals surface area contributed by atoms with E-state index >= 15 is 0 Å². The molecule has 1 aliphatic heterocycles. The van der Waals surface area contributed by atoms with Gasteiger partial charge in [-0.1, -0.05) is 24.3 Å². The lowest BCUT2D eigenvalue weighted by Gasteiger charge is -2.16. The van der Waals surface area contributed by atoms with E-state index in [9.17, 15) is 14.9 Å². The molecule has 0 amide bonds. The maximum atomic E-state index is 13.9. The minimum Gasteiger partial charge on any atom is -0.465 e. The lowest BCUT2D eigenvalue weighted by Crippen LogP contribution is -2.29. The third-order valence-corrected chi connectivity index (χ3v) is 7.57. The Balaban J connectivity index is 1.29. The van der Waals surface area contributed by atoms with E-state index in [1.807, 2.05) is 64.7 Å². The maximum Gasteiger partial charge on any atom is 0.337 e. The largest absolute Gasteiger partial charge is 0.465 e. The normalized spacial score (nSPS) is 15.4. The number of methoxy groups -OCH3 is 1. The molecule has 0 unspecified atom stereocenters. The first kappa shape index (κ1) is 25.3. The molecule has 10 nitrogen and oxygen atoms in total. The summed E-state index contributed by atoms with van der Waals surface area (Å²) < 4.78 is 10.1. The van der Waals surface area contributed by atoms with Gasteiger partial charge < -0.3 is 9.30 Å². The second kappa shape index (κ2) is 10.3. The molecule has 2 aromatic carbocycles. The molecule has 0 bridgehead atoms. The van der Waals surface area contributed by atoms with E-state index in [1.54, 1.807) is 29.1 Å². The van der Waals surface area contributed by atoms with Gasteiger partial charge in [0.2, 0.25) is 0 Å². The summed E-state index contributed by atoms with van der Waals surface area (Å²) in [6.07, 6.45) is 4.12. The topological polar surface area (TPSA) is 111 Å². The SMILES string of the molecule is COC(=O)c1ccc(-c2ccc(-n3c(=O)n([C@H]4CCN(Cc5ncc(C#N)n5C)C4)c4ncccc43)cc2)cc1. The molecule has 0 saturated carbocycles.